The van der Waals surface area contributed by atoms with Crippen molar-refractivity contribution in [2.45, 2.75) is 26.7 Å². The topological polar surface area (TPSA) is 49.9 Å². The average molecular weight is 348 g/mol. The number of rotatable bonds is 0. The molecule has 0 saturated carbocycles. The normalized spacial score (nSPS) is 20.8. The molecular formula is C18H21NO2S2. The van der Waals surface area contributed by atoms with Crippen LogP contribution >= 0.6 is 23.5 Å². The molecule has 122 valence electrons. The number of aryl methyl sites for hydroxylation is 2. The van der Waals surface area contributed by atoms with Gasteiger partial charge in [-0.2, -0.15) is 23.5 Å². The van der Waals surface area contributed by atoms with E-state index < -0.39 is 0 Å². The molecule has 3 aliphatic rings. The van der Waals surface area contributed by atoms with E-state index in [1.165, 1.54) is 11.4 Å². The van der Waals surface area contributed by atoms with Crippen LogP contribution in [-0.4, -0.2) is 39.6 Å². The third-order valence-electron chi connectivity index (χ3n) is 4.47. The largest absolute Gasteiger partial charge is 0.362 e. The highest BCUT2D eigenvalue weighted by Gasteiger charge is 2.29. The molecule has 0 saturated heterocycles. The van der Waals surface area contributed by atoms with Gasteiger partial charge in [-0.3, -0.25) is 9.59 Å². The van der Waals surface area contributed by atoms with E-state index in [-0.39, 0.29) is 11.6 Å². The Morgan fingerprint density at radius 3 is 1.70 bits per heavy atom. The van der Waals surface area contributed by atoms with Crippen LogP contribution in [0, 0.1) is 0 Å². The number of aromatic nitrogens is 1. The van der Waals surface area contributed by atoms with E-state index in [0.29, 0.717) is 33.8 Å². The fourth-order valence-electron chi connectivity index (χ4n) is 2.91. The molecule has 1 aliphatic carbocycles. The minimum absolute atomic E-state index is 0.0710. The summed E-state index contributed by atoms with van der Waals surface area (Å²) < 4.78 is 0. The number of H-pyrrole nitrogens is 1. The van der Waals surface area contributed by atoms with Crippen molar-refractivity contribution in [3.05, 3.63) is 45.8 Å². The molecule has 3 nitrogen and oxygen atoms in total. The van der Waals surface area contributed by atoms with E-state index in [1.807, 2.05) is 13.8 Å². The van der Waals surface area contributed by atoms with Crippen LogP contribution in [0.3, 0.4) is 0 Å². The second-order valence-electron chi connectivity index (χ2n) is 5.98. The molecule has 0 fully saturated rings. The second-order valence-corrected chi connectivity index (χ2v) is 8.19. The molecule has 4 bridgehead atoms. The highest BCUT2D eigenvalue weighted by Crippen LogP contribution is 2.29. The minimum atomic E-state index is 0.0710. The van der Waals surface area contributed by atoms with Gasteiger partial charge in [-0.15, -0.1) is 0 Å². The Morgan fingerprint density at radius 1 is 0.826 bits per heavy atom. The monoisotopic (exact) mass is 347 g/mol. The zero-order valence-corrected chi connectivity index (χ0v) is 15.2. The third kappa shape index (κ3) is 3.50. The van der Waals surface area contributed by atoms with Crippen molar-refractivity contribution in [2.75, 3.05) is 23.0 Å². The Kier molecular flexibility index (Phi) is 5.17. The van der Waals surface area contributed by atoms with E-state index in [2.05, 4.69) is 17.1 Å². The molecule has 0 radical (unpaired) electrons. The quantitative estimate of drug-likeness (QED) is 0.731. The lowest BCUT2D eigenvalue weighted by Crippen LogP contribution is -2.24. The molecule has 1 aromatic heterocycles. The van der Waals surface area contributed by atoms with Crippen molar-refractivity contribution >= 4 is 35.1 Å². The summed E-state index contributed by atoms with van der Waals surface area (Å²) in [6.45, 7) is 3.62. The zero-order chi connectivity index (χ0) is 16.4. The van der Waals surface area contributed by atoms with Crippen molar-refractivity contribution in [2.24, 2.45) is 0 Å². The molecule has 4 rings (SSSR count). The van der Waals surface area contributed by atoms with Crippen molar-refractivity contribution in [3.63, 3.8) is 0 Å². The van der Waals surface area contributed by atoms with Crippen molar-refractivity contribution in [3.8, 4) is 0 Å². The predicted octanol–water partition coefficient (Wildman–Crippen LogP) is 3.36. The van der Waals surface area contributed by atoms with Crippen LogP contribution in [0.25, 0.3) is 0 Å². The molecular weight excluding hydrogens is 326 g/mol. The highest BCUT2D eigenvalue weighted by atomic mass is 32.2. The smallest absolute Gasteiger partial charge is 0.186 e. The molecule has 2 aliphatic heterocycles. The zero-order valence-electron chi connectivity index (χ0n) is 13.5. The summed E-state index contributed by atoms with van der Waals surface area (Å²) in [5, 5.41) is 0. The van der Waals surface area contributed by atoms with Gasteiger partial charge in [0.15, 0.2) is 11.6 Å². The summed E-state index contributed by atoms with van der Waals surface area (Å²) in [6.07, 6.45) is 1.93. The molecule has 5 heteroatoms. The van der Waals surface area contributed by atoms with Crippen LogP contribution in [0.5, 0.6) is 0 Å². The van der Waals surface area contributed by atoms with Gasteiger partial charge >= 0.3 is 0 Å². The van der Waals surface area contributed by atoms with E-state index >= 15 is 0 Å². The lowest BCUT2D eigenvalue weighted by atomic mass is 9.87. The van der Waals surface area contributed by atoms with Gasteiger partial charge in [0.2, 0.25) is 0 Å². The Labute approximate surface area is 145 Å². The summed E-state index contributed by atoms with van der Waals surface area (Å²) >= 11 is 3.46. The molecule has 0 unspecified atom stereocenters. The Hall–Kier alpha value is -1.20. The van der Waals surface area contributed by atoms with E-state index in [9.17, 15) is 9.59 Å². The number of ketones is 2. The molecule has 0 spiro atoms. The van der Waals surface area contributed by atoms with E-state index in [0.717, 1.165) is 24.3 Å². The second kappa shape index (κ2) is 7.14. The van der Waals surface area contributed by atoms with Gasteiger partial charge in [-0.05, 0) is 50.3 Å². The molecule has 0 amide bonds. The lowest BCUT2D eigenvalue weighted by molar-refractivity contribution is -0.116. The summed E-state index contributed by atoms with van der Waals surface area (Å²) in [5.41, 5.74) is 5.21. The highest BCUT2D eigenvalue weighted by molar-refractivity contribution is 7.99. The summed E-state index contributed by atoms with van der Waals surface area (Å²) in [5.74, 6) is 3.29. The van der Waals surface area contributed by atoms with Crippen molar-refractivity contribution < 1.29 is 9.59 Å². The first-order chi connectivity index (χ1) is 11.1. The minimum Gasteiger partial charge on any atom is -0.362 e. The number of fused-ring (bicyclic) bond motifs is 8. The first-order valence-electron chi connectivity index (χ1n) is 7.89. The number of nitrogens with one attached hydrogen (secondary N) is 1. The Bertz CT molecular complexity index is 654. The Morgan fingerprint density at radius 2 is 1.26 bits per heavy atom. The van der Waals surface area contributed by atoms with Crippen LogP contribution in [0.4, 0.5) is 0 Å². The van der Waals surface area contributed by atoms with Crippen molar-refractivity contribution in [1.82, 2.24) is 4.98 Å². The van der Waals surface area contributed by atoms with Gasteiger partial charge in [0.1, 0.15) is 0 Å². The fraction of sp³-hybridized carbons (Fsp3) is 0.444. The maximum absolute atomic E-state index is 12.6. The maximum atomic E-state index is 12.6. The summed E-state index contributed by atoms with van der Waals surface area (Å²) in [4.78, 5) is 28.7. The number of carbonyl (C=O) groups excluding carboxylic acids is 2. The van der Waals surface area contributed by atoms with Gasteiger partial charge in [-0.25, -0.2) is 0 Å². The fourth-order valence-corrected chi connectivity index (χ4v) is 5.03. The third-order valence-corrected chi connectivity index (χ3v) is 6.44. The van der Waals surface area contributed by atoms with Crippen LogP contribution in [0.2, 0.25) is 0 Å². The first kappa shape index (κ1) is 16.7. The number of hydrogen-bond donors (Lipinski definition) is 1. The molecule has 0 atom stereocenters. The van der Waals surface area contributed by atoms with Gasteiger partial charge in [0.05, 0.1) is 0 Å². The number of aromatic amines is 1. The maximum Gasteiger partial charge on any atom is 0.186 e. The first-order valence-corrected chi connectivity index (χ1v) is 10.2. The number of carbonyl (C=O) groups is 2. The Balaban J connectivity index is 1.85. The lowest BCUT2D eigenvalue weighted by Gasteiger charge is -2.20. The average Bonchev–Trinajstić information content (AvgIpc) is 2.98. The number of thioether (sulfide) groups is 2. The molecule has 0 aromatic carbocycles. The van der Waals surface area contributed by atoms with Gasteiger partial charge in [-0.1, -0.05) is 0 Å². The van der Waals surface area contributed by atoms with Crippen LogP contribution < -0.4 is 0 Å². The van der Waals surface area contributed by atoms with Gasteiger partial charge in [0, 0.05) is 45.2 Å². The number of allylic oxidation sites excluding steroid dienone is 2. The standard InChI is InChI=1S/C18H21NO2S2/c1-11-15-9-22-7-5-13-3-4-14(19-13)6-8-23-10-16(17(11)20)12(2)18(15)21/h3-4,19H,5-10H2,1-2H3. The van der Waals surface area contributed by atoms with Crippen LogP contribution in [0.15, 0.2) is 34.4 Å². The van der Waals surface area contributed by atoms with Gasteiger partial charge in [0.25, 0.3) is 0 Å². The molecule has 1 aromatic rings. The van der Waals surface area contributed by atoms with E-state index in [1.54, 1.807) is 23.5 Å². The SMILES string of the molecule is CC1=C2CSCCc3ccc([nH]3)CCSCC(=C(C)C2=O)C1=O. The van der Waals surface area contributed by atoms with Crippen LogP contribution in [0.1, 0.15) is 25.2 Å². The van der Waals surface area contributed by atoms with E-state index in [4.69, 9.17) is 0 Å². The van der Waals surface area contributed by atoms with Crippen LogP contribution in [-0.2, 0) is 22.4 Å². The van der Waals surface area contributed by atoms with Crippen molar-refractivity contribution in [1.29, 1.82) is 0 Å². The number of hydrogen-bond acceptors (Lipinski definition) is 4. The number of Topliss-reactive ketones (excluding diaryl/α,β-unsaturated/α-hetero) is 2. The van der Waals surface area contributed by atoms with Gasteiger partial charge < -0.3 is 4.98 Å². The predicted molar refractivity (Wildman–Crippen MR) is 98.3 cm³/mol. The molecule has 23 heavy (non-hydrogen) atoms. The molecule has 3 heterocycles. The summed E-state index contributed by atoms with van der Waals surface area (Å²) in [7, 11) is 0. The summed E-state index contributed by atoms with van der Waals surface area (Å²) in [6, 6.07) is 4.31. The molecule has 1 N–H and O–H groups in total.